The molecule has 0 radical (unpaired) electrons. The zero-order valence-electron chi connectivity index (χ0n) is 14.1. The number of carbonyl (C=O) groups is 1. The van der Waals surface area contributed by atoms with Crippen molar-refractivity contribution in [2.24, 2.45) is 5.10 Å². The fourth-order valence-corrected chi connectivity index (χ4v) is 2.96. The van der Waals surface area contributed by atoms with E-state index in [9.17, 15) is 4.79 Å². The van der Waals surface area contributed by atoms with Gasteiger partial charge in [0.2, 0.25) is 5.13 Å². The van der Waals surface area contributed by atoms with E-state index in [0.717, 1.165) is 22.2 Å². The topological polar surface area (TPSA) is 72.8 Å². The van der Waals surface area contributed by atoms with Crippen molar-refractivity contribution in [3.63, 3.8) is 0 Å². The Balaban J connectivity index is 1.98. The molecule has 0 spiro atoms. The SMILES string of the molecule is CCCOc1ccc(Br)cc1C=NNc1nc(CC(=O)OCC)cs1. The van der Waals surface area contributed by atoms with Crippen LogP contribution in [0.4, 0.5) is 5.13 Å². The van der Waals surface area contributed by atoms with E-state index >= 15 is 0 Å². The zero-order valence-corrected chi connectivity index (χ0v) is 16.5. The first-order chi connectivity index (χ1) is 12.1. The summed E-state index contributed by atoms with van der Waals surface area (Å²) in [5, 5.41) is 6.63. The van der Waals surface area contributed by atoms with Crippen molar-refractivity contribution in [1.82, 2.24) is 4.98 Å². The smallest absolute Gasteiger partial charge is 0.311 e. The van der Waals surface area contributed by atoms with E-state index in [2.05, 4.69) is 38.4 Å². The minimum atomic E-state index is -0.283. The van der Waals surface area contributed by atoms with Gasteiger partial charge in [-0.2, -0.15) is 5.10 Å². The van der Waals surface area contributed by atoms with E-state index in [1.165, 1.54) is 11.3 Å². The van der Waals surface area contributed by atoms with Crippen LogP contribution in [0.15, 0.2) is 33.2 Å². The molecule has 0 amide bonds. The molecule has 0 saturated heterocycles. The molecule has 6 nitrogen and oxygen atoms in total. The second kappa shape index (κ2) is 10.1. The molecule has 1 heterocycles. The van der Waals surface area contributed by atoms with Crippen molar-refractivity contribution in [2.45, 2.75) is 26.7 Å². The molecule has 0 saturated carbocycles. The molecular weight excluding hydrogens is 406 g/mol. The number of carbonyl (C=O) groups excluding carboxylic acids is 1. The molecule has 134 valence electrons. The van der Waals surface area contributed by atoms with Gasteiger partial charge in [-0.15, -0.1) is 11.3 Å². The highest BCUT2D eigenvalue weighted by Gasteiger charge is 2.08. The number of rotatable bonds is 9. The first-order valence-electron chi connectivity index (χ1n) is 7.93. The first-order valence-corrected chi connectivity index (χ1v) is 9.61. The number of esters is 1. The Morgan fingerprint density at radius 1 is 1.44 bits per heavy atom. The molecule has 2 aromatic rings. The van der Waals surface area contributed by atoms with Gasteiger partial charge in [0.25, 0.3) is 0 Å². The summed E-state index contributed by atoms with van der Waals surface area (Å²) in [6, 6.07) is 5.77. The number of halogens is 1. The maximum atomic E-state index is 11.5. The van der Waals surface area contributed by atoms with Crippen LogP contribution in [0.25, 0.3) is 0 Å². The Hall–Kier alpha value is -1.93. The van der Waals surface area contributed by atoms with Gasteiger partial charge in [0.05, 0.1) is 31.5 Å². The summed E-state index contributed by atoms with van der Waals surface area (Å²) in [4.78, 5) is 15.8. The van der Waals surface area contributed by atoms with Crippen LogP contribution in [-0.2, 0) is 16.0 Å². The molecule has 0 unspecified atom stereocenters. The summed E-state index contributed by atoms with van der Waals surface area (Å²) in [7, 11) is 0. The molecule has 0 aliphatic carbocycles. The average Bonchev–Trinajstić information content (AvgIpc) is 3.01. The van der Waals surface area contributed by atoms with Gasteiger partial charge in [0.1, 0.15) is 5.75 Å². The van der Waals surface area contributed by atoms with Crippen LogP contribution in [-0.4, -0.2) is 30.4 Å². The Kier molecular flexibility index (Phi) is 7.87. The van der Waals surface area contributed by atoms with Crippen LogP contribution in [0.1, 0.15) is 31.5 Å². The predicted octanol–water partition coefficient (Wildman–Crippen LogP) is 4.25. The summed E-state index contributed by atoms with van der Waals surface area (Å²) >= 11 is 4.83. The Morgan fingerprint density at radius 2 is 2.28 bits per heavy atom. The second-order valence-electron chi connectivity index (χ2n) is 5.03. The molecule has 0 aliphatic heterocycles. The minimum absolute atomic E-state index is 0.163. The van der Waals surface area contributed by atoms with Crippen molar-refractivity contribution in [2.75, 3.05) is 18.6 Å². The fourth-order valence-electron chi connectivity index (χ4n) is 1.92. The monoisotopic (exact) mass is 425 g/mol. The number of thiazole rings is 1. The Bertz CT molecular complexity index is 734. The van der Waals surface area contributed by atoms with Crippen molar-refractivity contribution in [3.05, 3.63) is 39.3 Å². The molecule has 1 aromatic carbocycles. The van der Waals surface area contributed by atoms with Gasteiger partial charge in [0.15, 0.2) is 0 Å². The molecule has 25 heavy (non-hydrogen) atoms. The number of nitrogens with one attached hydrogen (secondary N) is 1. The lowest BCUT2D eigenvalue weighted by atomic mass is 10.2. The number of benzene rings is 1. The van der Waals surface area contributed by atoms with Crippen molar-refractivity contribution < 1.29 is 14.3 Å². The van der Waals surface area contributed by atoms with Gasteiger partial charge in [-0.25, -0.2) is 4.98 Å². The standard InChI is InChI=1S/C17H20BrN3O3S/c1-3-7-24-15-6-5-13(18)8-12(15)10-19-21-17-20-14(11-25-17)9-16(22)23-4-2/h5-6,8,10-11H,3-4,7,9H2,1-2H3,(H,20,21). The van der Waals surface area contributed by atoms with Crippen molar-refractivity contribution >= 4 is 44.6 Å². The maximum absolute atomic E-state index is 11.5. The molecule has 2 rings (SSSR count). The van der Waals surface area contributed by atoms with Crippen molar-refractivity contribution in [3.8, 4) is 5.75 Å². The third-order valence-corrected chi connectivity index (χ3v) is 4.27. The largest absolute Gasteiger partial charge is 0.493 e. The van der Waals surface area contributed by atoms with E-state index in [1.807, 2.05) is 23.6 Å². The van der Waals surface area contributed by atoms with Gasteiger partial charge in [-0.05, 0) is 31.5 Å². The van der Waals surface area contributed by atoms with Crippen molar-refractivity contribution in [1.29, 1.82) is 0 Å². The number of ether oxygens (including phenoxy) is 2. The lowest BCUT2D eigenvalue weighted by Crippen LogP contribution is -2.07. The molecule has 0 bridgehead atoms. The number of hydrazone groups is 1. The van der Waals surface area contributed by atoms with Gasteiger partial charge < -0.3 is 9.47 Å². The quantitative estimate of drug-likeness (QED) is 0.369. The summed E-state index contributed by atoms with van der Waals surface area (Å²) in [6.07, 6.45) is 2.78. The predicted molar refractivity (Wildman–Crippen MR) is 104 cm³/mol. The Morgan fingerprint density at radius 3 is 3.04 bits per heavy atom. The third kappa shape index (κ3) is 6.47. The molecule has 0 fully saturated rings. The number of nitrogens with zero attached hydrogens (tertiary/aromatic N) is 2. The van der Waals surface area contributed by atoms with Gasteiger partial charge in [-0.3, -0.25) is 10.2 Å². The highest BCUT2D eigenvalue weighted by Crippen LogP contribution is 2.22. The van der Waals surface area contributed by atoms with E-state index in [-0.39, 0.29) is 12.4 Å². The number of anilines is 1. The third-order valence-electron chi connectivity index (χ3n) is 2.98. The van der Waals surface area contributed by atoms with Gasteiger partial charge >= 0.3 is 5.97 Å². The first kappa shape index (κ1) is 19.4. The summed E-state index contributed by atoms with van der Waals surface area (Å²) in [5.74, 6) is 0.493. The van der Waals surface area contributed by atoms with Crippen LogP contribution < -0.4 is 10.2 Å². The van der Waals surface area contributed by atoms with Gasteiger partial charge in [0, 0.05) is 15.4 Å². The van der Waals surface area contributed by atoms with E-state index in [4.69, 9.17) is 9.47 Å². The number of hydrogen-bond acceptors (Lipinski definition) is 7. The second-order valence-corrected chi connectivity index (χ2v) is 6.80. The van der Waals surface area contributed by atoms with Crippen LogP contribution in [0.3, 0.4) is 0 Å². The summed E-state index contributed by atoms with van der Waals surface area (Å²) in [5.41, 5.74) is 4.40. The van der Waals surface area contributed by atoms with Gasteiger partial charge in [-0.1, -0.05) is 22.9 Å². The highest BCUT2D eigenvalue weighted by molar-refractivity contribution is 9.10. The highest BCUT2D eigenvalue weighted by atomic mass is 79.9. The molecule has 1 N–H and O–H groups in total. The van der Waals surface area contributed by atoms with Crippen LogP contribution >= 0.6 is 27.3 Å². The Labute approximate surface area is 159 Å². The van der Waals surface area contributed by atoms with E-state index in [0.29, 0.717) is 24.0 Å². The fraction of sp³-hybridized carbons (Fsp3) is 0.353. The molecule has 0 atom stereocenters. The van der Waals surface area contributed by atoms with E-state index in [1.54, 1.807) is 13.1 Å². The van der Waals surface area contributed by atoms with Crippen LogP contribution in [0, 0.1) is 0 Å². The lowest BCUT2D eigenvalue weighted by Gasteiger charge is -2.08. The number of hydrogen-bond donors (Lipinski definition) is 1. The minimum Gasteiger partial charge on any atom is -0.493 e. The summed E-state index contributed by atoms with van der Waals surface area (Å²) in [6.45, 7) is 4.86. The molecule has 8 heteroatoms. The maximum Gasteiger partial charge on any atom is 0.311 e. The number of aromatic nitrogens is 1. The average molecular weight is 426 g/mol. The normalized spacial score (nSPS) is 10.8. The van der Waals surface area contributed by atoms with E-state index < -0.39 is 0 Å². The summed E-state index contributed by atoms with van der Waals surface area (Å²) < 4.78 is 11.6. The molecular formula is C17H20BrN3O3S. The lowest BCUT2D eigenvalue weighted by molar-refractivity contribution is -0.142. The zero-order chi connectivity index (χ0) is 18.1. The van der Waals surface area contributed by atoms with Crippen LogP contribution in [0.2, 0.25) is 0 Å². The molecule has 0 aliphatic rings. The van der Waals surface area contributed by atoms with Crippen LogP contribution in [0.5, 0.6) is 5.75 Å². The molecule has 1 aromatic heterocycles.